The SMILES string of the molecule is Cc1cc(Cl)ccc1C1CN=C(N)N1c1ccc(Br)cc1. The summed E-state index contributed by atoms with van der Waals surface area (Å²) < 4.78 is 1.04. The number of aliphatic imine (C=N–C) groups is 1. The zero-order valence-corrected chi connectivity index (χ0v) is 13.9. The summed E-state index contributed by atoms with van der Waals surface area (Å²) in [5, 5.41) is 0.748. The summed E-state index contributed by atoms with van der Waals surface area (Å²) in [5.41, 5.74) is 9.49. The number of halogens is 2. The third-order valence-electron chi connectivity index (χ3n) is 3.68. The Balaban J connectivity index is 2.00. The molecule has 3 rings (SSSR count). The van der Waals surface area contributed by atoms with Gasteiger partial charge in [0.05, 0.1) is 12.6 Å². The van der Waals surface area contributed by atoms with Crippen LogP contribution in [-0.4, -0.2) is 12.5 Å². The molecule has 1 unspecified atom stereocenters. The number of anilines is 1. The monoisotopic (exact) mass is 363 g/mol. The lowest BCUT2D eigenvalue weighted by Crippen LogP contribution is -2.36. The van der Waals surface area contributed by atoms with E-state index in [9.17, 15) is 0 Å². The molecule has 1 aliphatic rings. The highest BCUT2D eigenvalue weighted by Gasteiger charge is 2.29. The van der Waals surface area contributed by atoms with E-state index in [1.165, 1.54) is 5.56 Å². The van der Waals surface area contributed by atoms with Gasteiger partial charge in [0.25, 0.3) is 0 Å². The second-order valence-corrected chi connectivity index (χ2v) is 6.41. The minimum atomic E-state index is 0.114. The number of benzene rings is 2. The fourth-order valence-electron chi connectivity index (χ4n) is 2.66. The maximum Gasteiger partial charge on any atom is 0.196 e. The summed E-state index contributed by atoms with van der Waals surface area (Å²) in [4.78, 5) is 6.49. The van der Waals surface area contributed by atoms with Gasteiger partial charge in [-0.15, -0.1) is 0 Å². The van der Waals surface area contributed by atoms with Gasteiger partial charge in [-0.25, -0.2) is 0 Å². The first-order valence-corrected chi connectivity index (χ1v) is 7.84. The molecule has 1 aliphatic heterocycles. The van der Waals surface area contributed by atoms with E-state index < -0.39 is 0 Å². The molecule has 2 N–H and O–H groups in total. The van der Waals surface area contributed by atoms with Gasteiger partial charge in [-0.05, 0) is 54.4 Å². The Hall–Kier alpha value is -1.52. The molecule has 0 amide bonds. The predicted octanol–water partition coefficient (Wildman–Crippen LogP) is 4.29. The lowest BCUT2D eigenvalue weighted by Gasteiger charge is -2.27. The van der Waals surface area contributed by atoms with Crippen LogP contribution in [0.1, 0.15) is 17.2 Å². The normalized spacial score (nSPS) is 18.0. The molecule has 0 saturated heterocycles. The van der Waals surface area contributed by atoms with E-state index in [0.717, 1.165) is 20.7 Å². The van der Waals surface area contributed by atoms with E-state index in [-0.39, 0.29) is 6.04 Å². The summed E-state index contributed by atoms with van der Waals surface area (Å²) >= 11 is 9.51. The number of hydrogen-bond donors (Lipinski definition) is 1. The molecule has 0 fully saturated rings. The summed E-state index contributed by atoms with van der Waals surface area (Å²) in [6.45, 7) is 2.72. The Bertz CT molecular complexity index is 697. The largest absolute Gasteiger partial charge is 0.369 e. The van der Waals surface area contributed by atoms with Crippen molar-refractivity contribution in [3.8, 4) is 0 Å². The molecule has 0 saturated carbocycles. The number of aryl methyl sites for hydroxylation is 1. The number of guanidine groups is 1. The number of nitrogens with zero attached hydrogens (tertiary/aromatic N) is 2. The van der Waals surface area contributed by atoms with Crippen LogP contribution >= 0.6 is 27.5 Å². The van der Waals surface area contributed by atoms with Crippen LogP contribution in [0.3, 0.4) is 0 Å². The van der Waals surface area contributed by atoms with Crippen molar-refractivity contribution in [3.63, 3.8) is 0 Å². The molecule has 21 heavy (non-hydrogen) atoms. The third-order valence-corrected chi connectivity index (χ3v) is 4.44. The van der Waals surface area contributed by atoms with Gasteiger partial charge in [0.1, 0.15) is 0 Å². The fourth-order valence-corrected chi connectivity index (χ4v) is 3.15. The summed E-state index contributed by atoms with van der Waals surface area (Å²) in [6.07, 6.45) is 0. The molecule has 0 radical (unpaired) electrons. The molecule has 3 nitrogen and oxygen atoms in total. The number of rotatable bonds is 2. The maximum atomic E-state index is 6.09. The van der Waals surface area contributed by atoms with Crippen molar-refractivity contribution in [2.75, 3.05) is 11.4 Å². The average molecular weight is 365 g/mol. The molecular formula is C16H15BrClN3. The van der Waals surface area contributed by atoms with Crippen molar-refractivity contribution in [3.05, 3.63) is 63.1 Å². The molecule has 2 aromatic rings. The van der Waals surface area contributed by atoms with Crippen LogP contribution in [0.15, 0.2) is 51.9 Å². The highest BCUT2D eigenvalue weighted by atomic mass is 79.9. The van der Waals surface area contributed by atoms with E-state index in [2.05, 4.69) is 38.8 Å². The van der Waals surface area contributed by atoms with Gasteiger partial charge in [-0.1, -0.05) is 33.6 Å². The van der Waals surface area contributed by atoms with E-state index in [1.54, 1.807) is 0 Å². The highest BCUT2D eigenvalue weighted by Crippen LogP contribution is 2.34. The maximum absolute atomic E-state index is 6.09. The zero-order valence-electron chi connectivity index (χ0n) is 11.6. The summed E-state index contributed by atoms with van der Waals surface area (Å²) in [5.74, 6) is 0.552. The Kier molecular flexibility index (Phi) is 3.91. The summed E-state index contributed by atoms with van der Waals surface area (Å²) in [7, 11) is 0. The second-order valence-electron chi connectivity index (χ2n) is 5.06. The standard InChI is InChI=1S/C16H15BrClN3/c1-10-8-12(18)4-7-14(10)15-9-20-16(19)21(15)13-5-2-11(17)3-6-13/h2-8,15H,9H2,1H3,(H2,19,20). The Morgan fingerprint density at radius 2 is 1.95 bits per heavy atom. The molecule has 0 spiro atoms. The first-order valence-electron chi connectivity index (χ1n) is 6.67. The first kappa shape index (κ1) is 14.4. The molecule has 0 bridgehead atoms. The van der Waals surface area contributed by atoms with Crippen LogP contribution in [0.2, 0.25) is 5.02 Å². The van der Waals surface area contributed by atoms with Crippen molar-refractivity contribution in [2.24, 2.45) is 10.7 Å². The molecule has 1 atom stereocenters. The molecular weight excluding hydrogens is 350 g/mol. The second kappa shape index (κ2) is 5.70. The quantitative estimate of drug-likeness (QED) is 0.864. The average Bonchev–Trinajstić information content (AvgIpc) is 2.82. The van der Waals surface area contributed by atoms with Crippen LogP contribution in [0, 0.1) is 6.92 Å². The van der Waals surface area contributed by atoms with E-state index in [0.29, 0.717) is 12.5 Å². The van der Waals surface area contributed by atoms with Crippen molar-refractivity contribution >= 4 is 39.2 Å². The van der Waals surface area contributed by atoms with Crippen molar-refractivity contribution in [1.82, 2.24) is 0 Å². The lowest BCUT2D eigenvalue weighted by molar-refractivity contribution is 0.762. The molecule has 108 valence electrons. The van der Waals surface area contributed by atoms with Crippen LogP contribution < -0.4 is 10.6 Å². The van der Waals surface area contributed by atoms with Crippen molar-refractivity contribution in [2.45, 2.75) is 13.0 Å². The smallest absolute Gasteiger partial charge is 0.196 e. The highest BCUT2D eigenvalue weighted by molar-refractivity contribution is 9.10. The Morgan fingerprint density at radius 1 is 1.24 bits per heavy atom. The molecule has 0 aromatic heterocycles. The molecule has 2 aromatic carbocycles. The van der Waals surface area contributed by atoms with Crippen molar-refractivity contribution < 1.29 is 0 Å². The van der Waals surface area contributed by atoms with Crippen LogP contribution in [-0.2, 0) is 0 Å². The van der Waals surface area contributed by atoms with Crippen LogP contribution in [0.5, 0.6) is 0 Å². The number of nitrogens with two attached hydrogens (primary N) is 1. The first-order chi connectivity index (χ1) is 10.1. The Labute approximate surface area is 137 Å². The van der Waals surface area contributed by atoms with E-state index >= 15 is 0 Å². The van der Waals surface area contributed by atoms with Gasteiger partial charge in [-0.3, -0.25) is 4.99 Å². The van der Waals surface area contributed by atoms with Gasteiger partial charge in [0.15, 0.2) is 5.96 Å². The topological polar surface area (TPSA) is 41.6 Å². The predicted molar refractivity (Wildman–Crippen MR) is 92.0 cm³/mol. The van der Waals surface area contributed by atoms with Crippen LogP contribution in [0.4, 0.5) is 5.69 Å². The van der Waals surface area contributed by atoms with E-state index in [4.69, 9.17) is 17.3 Å². The van der Waals surface area contributed by atoms with Gasteiger partial charge in [-0.2, -0.15) is 0 Å². The lowest BCUT2D eigenvalue weighted by atomic mass is 10.0. The minimum Gasteiger partial charge on any atom is -0.369 e. The number of hydrogen-bond acceptors (Lipinski definition) is 3. The van der Waals surface area contributed by atoms with Crippen molar-refractivity contribution in [1.29, 1.82) is 0 Å². The van der Waals surface area contributed by atoms with Gasteiger partial charge < -0.3 is 10.6 Å². The molecule has 5 heteroatoms. The molecule has 0 aliphatic carbocycles. The third kappa shape index (κ3) is 2.78. The van der Waals surface area contributed by atoms with Gasteiger partial charge >= 0.3 is 0 Å². The fraction of sp³-hybridized carbons (Fsp3) is 0.188. The van der Waals surface area contributed by atoms with Crippen LogP contribution in [0.25, 0.3) is 0 Å². The van der Waals surface area contributed by atoms with Gasteiger partial charge in [0.2, 0.25) is 0 Å². The Morgan fingerprint density at radius 3 is 2.62 bits per heavy atom. The zero-order chi connectivity index (χ0) is 15.0. The minimum absolute atomic E-state index is 0.114. The van der Waals surface area contributed by atoms with Gasteiger partial charge in [0, 0.05) is 15.2 Å². The molecule has 1 heterocycles. The van der Waals surface area contributed by atoms with E-state index in [1.807, 2.05) is 36.4 Å². The summed E-state index contributed by atoms with van der Waals surface area (Å²) in [6, 6.07) is 14.2.